The van der Waals surface area contributed by atoms with E-state index < -0.39 is 0 Å². The van der Waals surface area contributed by atoms with Gasteiger partial charge in [0, 0.05) is 7.11 Å². The van der Waals surface area contributed by atoms with Gasteiger partial charge in [0.1, 0.15) is 5.75 Å². The van der Waals surface area contributed by atoms with Crippen molar-refractivity contribution in [2.24, 2.45) is 0 Å². The van der Waals surface area contributed by atoms with Gasteiger partial charge < -0.3 is 18.9 Å². The van der Waals surface area contributed by atoms with E-state index in [1.807, 2.05) is 50.2 Å². The number of carbonyl (C=O) groups is 1. The Labute approximate surface area is 161 Å². The van der Waals surface area contributed by atoms with Gasteiger partial charge in [0.2, 0.25) is 0 Å². The van der Waals surface area contributed by atoms with Gasteiger partial charge in [0.25, 0.3) is 0 Å². The predicted octanol–water partition coefficient (Wildman–Crippen LogP) is 3.96. The van der Waals surface area contributed by atoms with Crippen LogP contribution in [-0.2, 0) is 27.1 Å². The van der Waals surface area contributed by atoms with Crippen molar-refractivity contribution in [3.8, 4) is 5.75 Å². The van der Waals surface area contributed by atoms with E-state index in [-0.39, 0.29) is 12.8 Å². The number of aryl methyl sites for hydroxylation is 3. The maximum atomic E-state index is 12.3. The van der Waals surface area contributed by atoms with E-state index in [1.54, 1.807) is 7.11 Å². The van der Waals surface area contributed by atoms with E-state index in [9.17, 15) is 4.79 Å². The maximum absolute atomic E-state index is 12.3. The minimum absolute atomic E-state index is 0.192. The highest BCUT2D eigenvalue weighted by atomic mass is 16.7. The van der Waals surface area contributed by atoms with Gasteiger partial charge in [0.15, 0.2) is 6.79 Å². The van der Waals surface area contributed by atoms with Gasteiger partial charge in [-0.3, -0.25) is 0 Å². The van der Waals surface area contributed by atoms with Crippen LogP contribution < -0.4 is 4.74 Å². The summed E-state index contributed by atoms with van der Waals surface area (Å²) >= 11 is 0. The number of esters is 1. The van der Waals surface area contributed by atoms with Crippen LogP contribution >= 0.6 is 0 Å². The highest BCUT2D eigenvalue weighted by molar-refractivity contribution is 5.92. The molecule has 0 spiro atoms. The second-order valence-corrected chi connectivity index (χ2v) is 6.14. The van der Waals surface area contributed by atoms with E-state index in [2.05, 4.69) is 6.07 Å². The molecule has 2 rings (SSSR count). The zero-order valence-electron chi connectivity index (χ0n) is 16.3. The molecule has 0 aliphatic carbocycles. The largest absolute Gasteiger partial charge is 0.468 e. The van der Waals surface area contributed by atoms with Crippen molar-refractivity contribution >= 4 is 5.97 Å². The SMILES string of the molecule is CCOC(=O)c1c(C)cccc1CCc1cccc(OCOCCOC)c1. The summed E-state index contributed by atoms with van der Waals surface area (Å²) in [6.07, 6.45) is 1.56. The first kappa shape index (κ1) is 20.9. The molecule has 0 N–H and O–H groups in total. The molecule has 146 valence electrons. The second kappa shape index (κ2) is 11.4. The monoisotopic (exact) mass is 372 g/mol. The van der Waals surface area contributed by atoms with E-state index in [4.69, 9.17) is 18.9 Å². The minimum Gasteiger partial charge on any atom is -0.468 e. The number of carbonyl (C=O) groups excluding carboxylic acids is 1. The Balaban J connectivity index is 1.98. The van der Waals surface area contributed by atoms with Crippen molar-refractivity contribution in [3.63, 3.8) is 0 Å². The van der Waals surface area contributed by atoms with E-state index in [1.165, 1.54) is 0 Å². The maximum Gasteiger partial charge on any atom is 0.338 e. The molecule has 0 saturated carbocycles. The standard InChI is InChI=1S/C22H28O5/c1-4-26-22(23)21-17(2)7-5-9-19(21)12-11-18-8-6-10-20(15-18)27-16-25-14-13-24-3/h5-10,15H,4,11-14,16H2,1-3H3. The number of methoxy groups -OCH3 is 1. The van der Waals surface area contributed by atoms with Crippen molar-refractivity contribution in [3.05, 3.63) is 64.7 Å². The number of benzene rings is 2. The van der Waals surface area contributed by atoms with E-state index >= 15 is 0 Å². The van der Waals surface area contributed by atoms with E-state index in [0.29, 0.717) is 25.4 Å². The Kier molecular flexibility index (Phi) is 8.81. The zero-order chi connectivity index (χ0) is 19.5. The fourth-order valence-electron chi connectivity index (χ4n) is 2.81. The molecule has 27 heavy (non-hydrogen) atoms. The third kappa shape index (κ3) is 6.70. The molecule has 0 atom stereocenters. The summed E-state index contributed by atoms with van der Waals surface area (Å²) in [6, 6.07) is 13.8. The first-order chi connectivity index (χ1) is 13.2. The summed E-state index contributed by atoms with van der Waals surface area (Å²) in [4.78, 5) is 12.3. The summed E-state index contributed by atoms with van der Waals surface area (Å²) in [5.74, 6) is 0.510. The fraction of sp³-hybridized carbons (Fsp3) is 0.409. The third-order valence-corrected chi connectivity index (χ3v) is 4.16. The van der Waals surface area contributed by atoms with Gasteiger partial charge in [-0.1, -0.05) is 30.3 Å². The van der Waals surface area contributed by atoms with Crippen LogP contribution in [0.4, 0.5) is 0 Å². The lowest BCUT2D eigenvalue weighted by molar-refractivity contribution is -0.00849. The number of hydrogen-bond donors (Lipinski definition) is 0. The van der Waals surface area contributed by atoms with Crippen LogP contribution in [0.1, 0.15) is 34.0 Å². The summed E-state index contributed by atoms with van der Waals surface area (Å²) < 4.78 is 21.1. The van der Waals surface area contributed by atoms with Crippen LogP contribution in [0.15, 0.2) is 42.5 Å². The lowest BCUT2D eigenvalue weighted by Gasteiger charge is -2.12. The Morgan fingerprint density at radius 1 is 1.04 bits per heavy atom. The first-order valence-corrected chi connectivity index (χ1v) is 9.19. The van der Waals surface area contributed by atoms with Crippen LogP contribution in [-0.4, -0.2) is 39.7 Å². The number of hydrogen-bond acceptors (Lipinski definition) is 5. The van der Waals surface area contributed by atoms with Crippen LogP contribution in [0.25, 0.3) is 0 Å². The lowest BCUT2D eigenvalue weighted by atomic mass is 9.96. The molecule has 0 aliphatic heterocycles. The Hall–Kier alpha value is -2.37. The summed E-state index contributed by atoms with van der Waals surface area (Å²) in [6.45, 7) is 5.37. The summed E-state index contributed by atoms with van der Waals surface area (Å²) in [7, 11) is 1.63. The average molecular weight is 372 g/mol. The van der Waals surface area contributed by atoms with Crippen LogP contribution in [0.5, 0.6) is 5.75 Å². The topological polar surface area (TPSA) is 54.0 Å². The molecule has 5 nitrogen and oxygen atoms in total. The molecule has 0 bridgehead atoms. The summed E-state index contributed by atoms with van der Waals surface area (Å²) in [5, 5.41) is 0. The molecule has 0 aromatic heterocycles. The molecule has 0 amide bonds. The molecule has 0 aliphatic rings. The predicted molar refractivity (Wildman–Crippen MR) is 104 cm³/mol. The molecule has 0 fully saturated rings. The minimum atomic E-state index is -0.254. The molecule has 2 aromatic carbocycles. The van der Waals surface area contributed by atoms with Gasteiger partial charge in [-0.15, -0.1) is 0 Å². The molecule has 0 heterocycles. The normalized spacial score (nSPS) is 10.6. The molecule has 0 saturated heterocycles. The van der Waals surface area contributed by atoms with Gasteiger partial charge in [-0.05, 0) is 55.5 Å². The first-order valence-electron chi connectivity index (χ1n) is 9.19. The second-order valence-electron chi connectivity index (χ2n) is 6.14. The molecule has 2 aromatic rings. The van der Waals surface area contributed by atoms with Crippen molar-refractivity contribution in [1.29, 1.82) is 0 Å². The Morgan fingerprint density at radius 2 is 1.85 bits per heavy atom. The highest BCUT2D eigenvalue weighted by Gasteiger charge is 2.15. The molecule has 5 heteroatoms. The molecular weight excluding hydrogens is 344 g/mol. The van der Waals surface area contributed by atoms with Gasteiger partial charge in [-0.2, -0.15) is 0 Å². The molecule has 0 radical (unpaired) electrons. The zero-order valence-corrected chi connectivity index (χ0v) is 16.3. The van der Waals surface area contributed by atoms with Gasteiger partial charge >= 0.3 is 5.97 Å². The Bertz CT molecular complexity index is 726. The Morgan fingerprint density at radius 3 is 2.63 bits per heavy atom. The van der Waals surface area contributed by atoms with Crippen LogP contribution in [0.3, 0.4) is 0 Å². The van der Waals surface area contributed by atoms with Crippen LogP contribution in [0.2, 0.25) is 0 Å². The van der Waals surface area contributed by atoms with Crippen molar-refractivity contribution in [1.82, 2.24) is 0 Å². The van der Waals surface area contributed by atoms with Gasteiger partial charge in [-0.25, -0.2) is 4.79 Å². The van der Waals surface area contributed by atoms with Gasteiger partial charge in [0.05, 0.1) is 25.4 Å². The summed E-state index contributed by atoms with van der Waals surface area (Å²) in [5.41, 5.74) is 3.76. The highest BCUT2D eigenvalue weighted by Crippen LogP contribution is 2.20. The lowest BCUT2D eigenvalue weighted by Crippen LogP contribution is -2.11. The smallest absolute Gasteiger partial charge is 0.338 e. The average Bonchev–Trinajstić information content (AvgIpc) is 2.66. The molecule has 0 unspecified atom stereocenters. The van der Waals surface area contributed by atoms with Crippen molar-refractivity contribution in [2.75, 3.05) is 33.7 Å². The van der Waals surface area contributed by atoms with E-state index in [0.717, 1.165) is 35.3 Å². The molecular formula is C22H28O5. The third-order valence-electron chi connectivity index (χ3n) is 4.16. The quantitative estimate of drug-likeness (QED) is 0.340. The fourth-order valence-corrected chi connectivity index (χ4v) is 2.81. The van der Waals surface area contributed by atoms with Crippen LogP contribution in [0, 0.1) is 6.92 Å². The van der Waals surface area contributed by atoms with Crippen molar-refractivity contribution in [2.45, 2.75) is 26.7 Å². The van der Waals surface area contributed by atoms with Crippen molar-refractivity contribution < 1.29 is 23.7 Å². The number of rotatable bonds is 11. The number of ether oxygens (including phenoxy) is 4.